The van der Waals surface area contributed by atoms with E-state index < -0.39 is 0 Å². The van der Waals surface area contributed by atoms with Gasteiger partial charge in [0.1, 0.15) is 11.9 Å². The van der Waals surface area contributed by atoms with E-state index in [1.807, 2.05) is 6.92 Å². The van der Waals surface area contributed by atoms with Gasteiger partial charge in [-0.3, -0.25) is 0 Å². The van der Waals surface area contributed by atoms with Crippen LogP contribution >= 0.6 is 0 Å². The highest BCUT2D eigenvalue weighted by Crippen LogP contribution is 2.27. The van der Waals surface area contributed by atoms with Crippen LogP contribution in [0.2, 0.25) is 0 Å². The molecule has 1 aliphatic carbocycles. The molecule has 0 unspecified atom stereocenters. The van der Waals surface area contributed by atoms with Gasteiger partial charge in [-0.05, 0) is 56.7 Å². The summed E-state index contributed by atoms with van der Waals surface area (Å²) in [5.74, 6) is 1.06. The Morgan fingerprint density at radius 1 is 1.30 bits per heavy atom. The van der Waals surface area contributed by atoms with Crippen LogP contribution in [-0.4, -0.2) is 18.7 Å². The first kappa shape index (κ1) is 14.7. The number of hydrogen-bond acceptors (Lipinski definition) is 4. The second-order valence-electron chi connectivity index (χ2n) is 5.47. The maximum absolute atomic E-state index is 12.1. The second kappa shape index (κ2) is 6.64. The van der Waals surface area contributed by atoms with Gasteiger partial charge in [0, 0.05) is 0 Å². The van der Waals surface area contributed by atoms with E-state index in [0.29, 0.717) is 23.6 Å². The van der Waals surface area contributed by atoms with Gasteiger partial charge in [0.15, 0.2) is 0 Å². The third-order valence-electron chi connectivity index (χ3n) is 3.78. The quantitative estimate of drug-likeness (QED) is 0.676. The highest BCUT2D eigenvalue weighted by atomic mass is 16.5. The molecule has 0 bridgehead atoms. The summed E-state index contributed by atoms with van der Waals surface area (Å²) >= 11 is 0. The number of rotatable bonds is 4. The highest BCUT2D eigenvalue weighted by molar-refractivity contribution is 5.91. The Morgan fingerprint density at radius 3 is 2.60 bits per heavy atom. The zero-order valence-corrected chi connectivity index (χ0v) is 12.2. The molecule has 0 aliphatic heterocycles. The summed E-state index contributed by atoms with van der Waals surface area (Å²) in [4.78, 5) is 12.1. The SMILES string of the molecule is CCOc1ccc(C(=O)OC2CCC(C)CC2)cc1N. The van der Waals surface area contributed by atoms with E-state index in [0.717, 1.165) is 31.6 Å². The van der Waals surface area contributed by atoms with Crippen LogP contribution in [0.4, 0.5) is 5.69 Å². The summed E-state index contributed by atoms with van der Waals surface area (Å²) in [6.45, 7) is 4.69. The minimum atomic E-state index is -0.292. The van der Waals surface area contributed by atoms with Crippen molar-refractivity contribution in [2.24, 2.45) is 5.92 Å². The van der Waals surface area contributed by atoms with Gasteiger partial charge in [0.25, 0.3) is 0 Å². The molecule has 2 rings (SSSR count). The van der Waals surface area contributed by atoms with Crippen LogP contribution in [-0.2, 0) is 4.74 Å². The molecule has 0 spiro atoms. The lowest BCUT2D eigenvalue weighted by molar-refractivity contribution is 0.0174. The molecule has 1 fully saturated rings. The number of nitrogens with two attached hydrogens (primary N) is 1. The van der Waals surface area contributed by atoms with Gasteiger partial charge >= 0.3 is 5.97 Å². The fourth-order valence-electron chi connectivity index (χ4n) is 2.53. The number of carbonyl (C=O) groups excluding carboxylic acids is 1. The first-order valence-electron chi connectivity index (χ1n) is 7.33. The average Bonchev–Trinajstić information content (AvgIpc) is 2.44. The van der Waals surface area contributed by atoms with Crippen molar-refractivity contribution in [1.29, 1.82) is 0 Å². The highest BCUT2D eigenvalue weighted by Gasteiger charge is 2.22. The maximum atomic E-state index is 12.1. The molecule has 1 aliphatic rings. The Balaban J connectivity index is 1.97. The molecule has 1 saturated carbocycles. The van der Waals surface area contributed by atoms with Crippen molar-refractivity contribution in [2.45, 2.75) is 45.6 Å². The molecule has 1 aromatic rings. The van der Waals surface area contributed by atoms with Crippen LogP contribution in [0.25, 0.3) is 0 Å². The minimum absolute atomic E-state index is 0.0477. The Morgan fingerprint density at radius 2 is 2.00 bits per heavy atom. The largest absolute Gasteiger partial charge is 0.492 e. The van der Waals surface area contributed by atoms with Gasteiger partial charge in [-0.2, -0.15) is 0 Å². The average molecular weight is 277 g/mol. The van der Waals surface area contributed by atoms with Gasteiger partial charge in [-0.15, -0.1) is 0 Å². The smallest absolute Gasteiger partial charge is 0.338 e. The summed E-state index contributed by atoms with van der Waals surface area (Å²) in [5, 5.41) is 0. The van der Waals surface area contributed by atoms with Crippen LogP contribution in [0.1, 0.15) is 49.9 Å². The molecule has 20 heavy (non-hydrogen) atoms. The lowest BCUT2D eigenvalue weighted by atomic mass is 9.89. The third kappa shape index (κ3) is 3.65. The fraction of sp³-hybridized carbons (Fsp3) is 0.562. The second-order valence-corrected chi connectivity index (χ2v) is 5.47. The molecule has 0 saturated heterocycles. The van der Waals surface area contributed by atoms with E-state index in [2.05, 4.69) is 6.92 Å². The summed E-state index contributed by atoms with van der Waals surface area (Å²) < 4.78 is 10.9. The standard InChI is InChI=1S/C16H23NO3/c1-3-19-15-9-6-12(10-14(15)17)16(18)20-13-7-4-11(2)5-8-13/h6,9-11,13H,3-5,7-8,17H2,1-2H3. The van der Waals surface area contributed by atoms with Crippen LogP contribution < -0.4 is 10.5 Å². The number of carbonyl (C=O) groups is 1. The van der Waals surface area contributed by atoms with E-state index in [1.165, 1.54) is 0 Å². The van der Waals surface area contributed by atoms with Crippen LogP contribution in [0, 0.1) is 5.92 Å². The number of benzene rings is 1. The van der Waals surface area contributed by atoms with E-state index in [4.69, 9.17) is 15.2 Å². The fourth-order valence-corrected chi connectivity index (χ4v) is 2.53. The number of esters is 1. The topological polar surface area (TPSA) is 61.5 Å². The summed E-state index contributed by atoms with van der Waals surface area (Å²) in [6, 6.07) is 5.05. The Kier molecular flexibility index (Phi) is 4.88. The van der Waals surface area contributed by atoms with Gasteiger partial charge in [0.2, 0.25) is 0 Å². The van der Waals surface area contributed by atoms with Crippen LogP contribution in [0.3, 0.4) is 0 Å². The maximum Gasteiger partial charge on any atom is 0.338 e. The first-order chi connectivity index (χ1) is 9.60. The van der Waals surface area contributed by atoms with Crippen molar-refractivity contribution >= 4 is 11.7 Å². The normalized spacial score (nSPS) is 22.3. The summed E-state index contributed by atoms with van der Waals surface area (Å²) in [6.07, 6.45) is 4.22. The first-order valence-corrected chi connectivity index (χ1v) is 7.33. The Bertz CT molecular complexity index is 465. The van der Waals surface area contributed by atoms with Gasteiger partial charge in [0.05, 0.1) is 17.9 Å². The number of ether oxygens (including phenoxy) is 2. The summed E-state index contributed by atoms with van der Waals surface area (Å²) in [5.41, 5.74) is 6.83. The molecule has 2 N–H and O–H groups in total. The molecular formula is C16H23NO3. The van der Waals surface area contributed by atoms with Crippen molar-refractivity contribution in [3.8, 4) is 5.75 Å². The number of hydrogen-bond donors (Lipinski definition) is 1. The predicted molar refractivity (Wildman–Crippen MR) is 78.9 cm³/mol. The van der Waals surface area contributed by atoms with E-state index in [9.17, 15) is 4.79 Å². The number of nitrogen functional groups attached to an aromatic ring is 1. The molecule has 0 amide bonds. The molecule has 110 valence electrons. The van der Waals surface area contributed by atoms with Crippen LogP contribution in [0.5, 0.6) is 5.75 Å². The zero-order valence-electron chi connectivity index (χ0n) is 12.2. The molecular weight excluding hydrogens is 254 g/mol. The van der Waals surface area contributed by atoms with Crippen molar-refractivity contribution in [3.63, 3.8) is 0 Å². The van der Waals surface area contributed by atoms with E-state index in [1.54, 1.807) is 18.2 Å². The van der Waals surface area contributed by atoms with Crippen molar-refractivity contribution in [1.82, 2.24) is 0 Å². The van der Waals surface area contributed by atoms with E-state index in [-0.39, 0.29) is 12.1 Å². The lowest BCUT2D eigenvalue weighted by Crippen LogP contribution is -2.23. The van der Waals surface area contributed by atoms with Crippen LogP contribution in [0.15, 0.2) is 18.2 Å². The monoisotopic (exact) mass is 277 g/mol. The Labute approximate surface area is 120 Å². The van der Waals surface area contributed by atoms with Gasteiger partial charge in [-0.25, -0.2) is 4.79 Å². The summed E-state index contributed by atoms with van der Waals surface area (Å²) in [7, 11) is 0. The molecule has 1 aromatic carbocycles. The van der Waals surface area contributed by atoms with Crippen molar-refractivity contribution in [3.05, 3.63) is 23.8 Å². The zero-order chi connectivity index (χ0) is 14.5. The molecule has 4 nitrogen and oxygen atoms in total. The molecule has 0 aromatic heterocycles. The van der Waals surface area contributed by atoms with Crippen molar-refractivity contribution < 1.29 is 14.3 Å². The molecule has 0 radical (unpaired) electrons. The van der Waals surface area contributed by atoms with Gasteiger partial charge in [-0.1, -0.05) is 6.92 Å². The Hall–Kier alpha value is -1.71. The van der Waals surface area contributed by atoms with Crippen molar-refractivity contribution in [2.75, 3.05) is 12.3 Å². The lowest BCUT2D eigenvalue weighted by Gasteiger charge is -2.26. The molecule has 4 heteroatoms. The van der Waals surface area contributed by atoms with Gasteiger partial charge < -0.3 is 15.2 Å². The number of anilines is 1. The molecule has 0 atom stereocenters. The predicted octanol–water partition coefficient (Wildman–Crippen LogP) is 3.40. The van der Waals surface area contributed by atoms with E-state index >= 15 is 0 Å². The third-order valence-corrected chi connectivity index (χ3v) is 3.78. The minimum Gasteiger partial charge on any atom is -0.492 e. The molecule has 0 heterocycles.